The second-order valence-corrected chi connectivity index (χ2v) is 5.60. The molecule has 6 nitrogen and oxygen atoms in total. The normalized spacial score (nSPS) is 10.3. The molecule has 0 saturated heterocycles. The molecule has 25 heavy (non-hydrogen) atoms. The second-order valence-electron chi connectivity index (χ2n) is 5.60. The predicted molar refractivity (Wildman–Crippen MR) is 97.0 cm³/mol. The number of anilines is 2. The lowest BCUT2D eigenvalue weighted by Crippen LogP contribution is -2.17. The van der Waals surface area contributed by atoms with E-state index in [1.54, 1.807) is 29.1 Å². The summed E-state index contributed by atoms with van der Waals surface area (Å²) in [6.45, 7) is 3.29. The molecule has 1 heterocycles. The number of hydrogen-bond donors (Lipinski definition) is 2. The van der Waals surface area contributed by atoms with Crippen molar-refractivity contribution in [2.75, 3.05) is 10.6 Å². The molecule has 3 aromatic rings. The summed E-state index contributed by atoms with van der Waals surface area (Å²) < 4.78 is 1.72. The fourth-order valence-electron chi connectivity index (χ4n) is 2.54. The van der Waals surface area contributed by atoms with E-state index in [-0.39, 0.29) is 11.8 Å². The van der Waals surface area contributed by atoms with Crippen molar-refractivity contribution in [3.8, 4) is 5.69 Å². The molecule has 0 aliphatic heterocycles. The highest BCUT2D eigenvalue weighted by Crippen LogP contribution is 2.24. The zero-order valence-electron chi connectivity index (χ0n) is 14.0. The highest BCUT2D eigenvalue weighted by Gasteiger charge is 2.15. The highest BCUT2D eigenvalue weighted by molar-refractivity contribution is 6.04. The van der Waals surface area contributed by atoms with Crippen LogP contribution in [0.4, 0.5) is 11.4 Å². The number of nitrogens with zero attached hydrogens (tertiary/aromatic N) is 2. The molecule has 2 aromatic carbocycles. The molecule has 0 radical (unpaired) electrons. The molecule has 0 fully saturated rings. The molecular formula is C19H18N4O2. The van der Waals surface area contributed by atoms with Gasteiger partial charge in [-0.15, -0.1) is 0 Å². The molecule has 6 heteroatoms. The molecule has 0 spiro atoms. The number of carbonyl (C=O) groups is 2. The van der Waals surface area contributed by atoms with Crippen LogP contribution >= 0.6 is 0 Å². The SMILES string of the molecule is CC(=O)Nc1cccc(NC(=O)c2cncn2-c2ccccc2)c1C. The van der Waals surface area contributed by atoms with Crippen LogP contribution in [0.2, 0.25) is 0 Å². The summed E-state index contributed by atoms with van der Waals surface area (Å²) >= 11 is 0. The number of imidazole rings is 1. The van der Waals surface area contributed by atoms with Crippen LogP contribution < -0.4 is 10.6 Å². The van der Waals surface area contributed by atoms with E-state index in [4.69, 9.17) is 0 Å². The van der Waals surface area contributed by atoms with Gasteiger partial charge >= 0.3 is 0 Å². The molecule has 0 unspecified atom stereocenters. The second kappa shape index (κ2) is 7.00. The van der Waals surface area contributed by atoms with Crippen LogP contribution in [0.5, 0.6) is 0 Å². The maximum Gasteiger partial charge on any atom is 0.274 e. The van der Waals surface area contributed by atoms with Crippen LogP contribution in [-0.4, -0.2) is 21.4 Å². The third-order valence-corrected chi connectivity index (χ3v) is 3.80. The number of hydrogen-bond acceptors (Lipinski definition) is 3. The van der Waals surface area contributed by atoms with E-state index in [2.05, 4.69) is 15.6 Å². The number of rotatable bonds is 4. The largest absolute Gasteiger partial charge is 0.326 e. The summed E-state index contributed by atoms with van der Waals surface area (Å²) in [6.07, 6.45) is 3.13. The standard InChI is InChI=1S/C19H18N4O2/c1-13-16(21-14(2)24)9-6-10-17(13)22-19(25)18-11-20-12-23(18)15-7-4-3-5-8-15/h3-12H,1-2H3,(H,21,24)(H,22,25). The maximum atomic E-state index is 12.7. The van der Waals surface area contributed by atoms with Crippen molar-refractivity contribution in [1.82, 2.24) is 9.55 Å². The third-order valence-electron chi connectivity index (χ3n) is 3.80. The van der Waals surface area contributed by atoms with Crippen molar-refractivity contribution in [2.45, 2.75) is 13.8 Å². The van der Waals surface area contributed by atoms with E-state index in [1.807, 2.05) is 37.3 Å². The maximum absolute atomic E-state index is 12.7. The summed E-state index contributed by atoms with van der Waals surface area (Å²) in [4.78, 5) is 28.1. The van der Waals surface area contributed by atoms with Crippen LogP contribution in [0.25, 0.3) is 5.69 Å². The lowest BCUT2D eigenvalue weighted by molar-refractivity contribution is -0.114. The van der Waals surface area contributed by atoms with E-state index >= 15 is 0 Å². The number of benzene rings is 2. The van der Waals surface area contributed by atoms with Crippen LogP contribution in [0.3, 0.4) is 0 Å². The Hall–Kier alpha value is -3.41. The molecule has 0 aliphatic rings. The van der Waals surface area contributed by atoms with Gasteiger partial charge in [0.1, 0.15) is 5.69 Å². The quantitative estimate of drug-likeness (QED) is 0.768. The van der Waals surface area contributed by atoms with Gasteiger partial charge in [0.2, 0.25) is 5.91 Å². The molecule has 0 bridgehead atoms. The fourth-order valence-corrected chi connectivity index (χ4v) is 2.54. The number of aromatic nitrogens is 2. The fraction of sp³-hybridized carbons (Fsp3) is 0.105. The van der Waals surface area contributed by atoms with Crippen LogP contribution in [-0.2, 0) is 4.79 Å². The summed E-state index contributed by atoms with van der Waals surface area (Å²) in [5.41, 5.74) is 3.38. The van der Waals surface area contributed by atoms with E-state index < -0.39 is 0 Å². The minimum atomic E-state index is -0.274. The lowest BCUT2D eigenvalue weighted by atomic mass is 10.1. The first kappa shape index (κ1) is 16.4. The van der Waals surface area contributed by atoms with Gasteiger partial charge in [0.05, 0.1) is 12.5 Å². The Bertz CT molecular complexity index is 916. The minimum Gasteiger partial charge on any atom is -0.326 e. The number of carbonyl (C=O) groups excluding carboxylic acids is 2. The average Bonchev–Trinajstić information content (AvgIpc) is 3.09. The predicted octanol–water partition coefficient (Wildman–Crippen LogP) is 3.39. The van der Waals surface area contributed by atoms with Crippen molar-refractivity contribution < 1.29 is 9.59 Å². The van der Waals surface area contributed by atoms with Crippen molar-refractivity contribution in [3.05, 3.63) is 72.3 Å². The van der Waals surface area contributed by atoms with Crippen molar-refractivity contribution in [1.29, 1.82) is 0 Å². The number of nitrogens with one attached hydrogen (secondary N) is 2. The van der Waals surface area contributed by atoms with Gasteiger partial charge < -0.3 is 10.6 Å². The van der Waals surface area contributed by atoms with Gasteiger partial charge in [0.25, 0.3) is 5.91 Å². The first-order chi connectivity index (χ1) is 12.1. The zero-order chi connectivity index (χ0) is 17.8. The van der Waals surface area contributed by atoms with E-state index in [9.17, 15) is 9.59 Å². The molecular weight excluding hydrogens is 316 g/mol. The van der Waals surface area contributed by atoms with Gasteiger partial charge in [-0.05, 0) is 36.8 Å². The van der Waals surface area contributed by atoms with Gasteiger partial charge in [-0.25, -0.2) is 4.98 Å². The summed E-state index contributed by atoms with van der Waals surface area (Å²) in [5, 5.41) is 5.64. The van der Waals surface area contributed by atoms with Crippen LogP contribution in [0.15, 0.2) is 61.1 Å². The third kappa shape index (κ3) is 3.58. The Kier molecular flexibility index (Phi) is 4.61. The average molecular weight is 334 g/mol. The first-order valence-electron chi connectivity index (χ1n) is 7.82. The summed E-state index contributed by atoms with van der Waals surface area (Å²) in [7, 11) is 0. The molecule has 2 N–H and O–H groups in total. The molecule has 0 atom stereocenters. The molecule has 1 aromatic heterocycles. The monoisotopic (exact) mass is 334 g/mol. The van der Waals surface area contributed by atoms with Gasteiger partial charge in [-0.3, -0.25) is 14.2 Å². The molecule has 0 aliphatic carbocycles. The van der Waals surface area contributed by atoms with Crippen molar-refractivity contribution >= 4 is 23.2 Å². The Morgan fingerprint density at radius 2 is 1.64 bits per heavy atom. The molecule has 3 rings (SSSR count). The van der Waals surface area contributed by atoms with Crippen LogP contribution in [0, 0.1) is 6.92 Å². The summed E-state index contributed by atoms with van der Waals surface area (Å²) in [6, 6.07) is 14.9. The minimum absolute atomic E-state index is 0.159. The smallest absolute Gasteiger partial charge is 0.274 e. The number of para-hydroxylation sites is 1. The van der Waals surface area contributed by atoms with Gasteiger partial charge in [-0.1, -0.05) is 24.3 Å². The molecule has 2 amide bonds. The Morgan fingerprint density at radius 3 is 2.32 bits per heavy atom. The van der Waals surface area contributed by atoms with Gasteiger partial charge in [0.15, 0.2) is 0 Å². The van der Waals surface area contributed by atoms with Crippen molar-refractivity contribution in [2.24, 2.45) is 0 Å². The van der Waals surface area contributed by atoms with E-state index in [1.165, 1.54) is 13.1 Å². The Balaban J connectivity index is 1.87. The topological polar surface area (TPSA) is 76.0 Å². The molecule has 126 valence electrons. The first-order valence-corrected chi connectivity index (χ1v) is 7.82. The van der Waals surface area contributed by atoms with E-state index in [0.29, 0.717) is 17.1 Å². The highest BCUT2D eigenvalue weighted by atomic mass is 16.2. The Morgan fingerprint density at radius 1 is 0.960 bits per heavy atom. The molecule has 0 saturated carbocycles. The van der Waals surface area contributed by atoms with E-state index in [0.717, 1.165) is 11.3 Å². The lowest BCUT2D eigenvalue weighted by Gasteiger charge is -2.13. The Labute approximate surface area is 145 Å². The number of amides is 2. The van der Waals surface area contributed by atoms with Gasteiger partial charge in [-0.2, -0.15) is 0 Å². The van der Waals surface area contributed by atoms with Gasteiger partial charge in [0, 0.05) is 24.0 Å². The van der Waals surface area contributed by atoms with Crippen molar-refractivity contribution in [3.63, 3.8) is 0 Å². The van der Waals surface area contributed by atoms with Crippen LogP contribution in [0.1, 0.15) is 23.0 Å². The zero-order valence-corrected chi connectivity index (χ0v) is 14.0. The summed E-state index contributed by atoms with van der Waals surface area (Å²) in [5.74, 6) is -0.432.